The van der Waals surface area contributed by atoms with Crippen molar-refractivity contribution in [2.45, 2.75) is 24.4 Å². The molecule has 108 valence electrons. The molecule has 0 aliphatic heterocycles. The van der Waals surface area contributed by atoms with Crippen LogP contribution in [0.5, 0.6) is 0 Å². The highest BCUT2D eigenvalue weighted by Crippen LogP contribution is 2.29. The maximum absolute atomic E-state index is 6.26. The second-order valence-electron chi connectivity index (χ2n) is 4.30. The van der Waals surface area contributed by atoms with Gasteiger partial charge in [0.05, 0.1) is 23.0 Å². The van der Waals surface area contributed by atoms with Crippen molar-refractivity contribution in [1.82, 2.24) is 15.1 Å². The van der Waals surface area contributed by atoms with Crippen LogP contribution in [-0.2, 0) is 6.54 Å². The van der Waals surface area contributed by atoms with Crippen molar-refractivity contribution < 1.29 is 0 Å². The fourth-order valence-electron chi connectivity index (χ4n) is 1.98. The average molecular weight is 375 g/mol. The summed E-state index contributed by atoms with van der Waals surface area (Å²) in [6.45, 7) is 2.89. The first-order valence-electron chi connectivity index (χ1n) is 6.42. The fourth-order valence-corrected chi connectivity index (χ4v) is 3.53. The van der Waals surface area contributed by atoms with Gasteiger partial charge in [-0.2, -0.15) is 5.10 Å². The van der Waals surface area contributed by atoms with Crippen LogP contribution in [0.15, 0.2) is 39.8 Å². The molecule has 0 aliphatic carbocycles. The predicted octanol–water partition coefficient (Wildman–Crippen LogP) is 4.37. The summed E-state index contributed by atoms with van der Waals surface area (Å²) in [5.74, 6) is 0.906. The molecule has 0 saturated heterocycles. The van der Waals surface area contributed by atoms with E-state index >= 15 is 0 Å². The van der Waals surface area contributed by atoms with Gasteiger partial charge in [-0.1, -0.05) is 27.5 Å². The molecule has 6 heteroatoms. The zero-order valence-corrected chi connectivity index (χ0v) is 14.6. The molecule has 1 atom stereocenters. The quantitative estimate of drug-likeness (QED) is 0.761. The lowest BCUT2D eigenvalue weighted by Gasteiger charge is -2.18. The maximum atomic E-state index is 6.26. The highest BCUT2D eigenvalue weighted by molar-refractivity contribution is 9.10. The van der Waals surface area contributed by atoms with Crippen molar-refractivity contribution >= 4 is 39.3 Å². The minimum atomic E-state index is 0.179. The minimum absolute atomic E-state index is 0.179. The molecule has 0 bridgehead atoms. The lowest BCUT2D eigenvalue weighted by atomic mass is 10.2. The number of aryl methyl sites for hydroxylation is 1. The van der Waals surface area contributed by atoms with E-state index in [9.17, 15) is 0 Å². The van der Waals surface area contributed by atoms with E-state index in [2.05, 4.69) is 57.5 Å². The topological polar surface area (TPSA) is 29.9 Å². The van der Waals surface area contributed by atoms with Gasteiger partial charge in [0.25, 0.3) is 0 Å². The number of nitrogens with one attached hydrogen (secondary N) is 1. The number of hydrogen-bond donors (Lipinski definition) is 1. The number of hydrogen-bond acceptors (Lipinski definition) is 3. The Kier molecular flexibility index (Phi) is 5.96. The number of aromatic nitrogens is 2. The van der Waals surface area contributed by atoms with E-state index in [1.807, 2.05) is 11.7 Å². The highest BCUT2D eigenvalue weighted by atomic mass is 79.9. The Balaban J connectivity index is 2.09. The largest absolute Gasteiger partial charge is 0.311 e. The first kappa shape index (κ1) is 15.9. The van der Waals surface area contributed by atoms with E-state index < -0.39 is 0 Å². The smallest absolute Gasteiger partial charge is 0.0834 e. The van der Waals surface area contributed by atoms with Gasteiger partial charge in [-0.3, -0.25) is 4.68 Å². The average Bonchev–Trinajstić information content (AvgIpc) is 2.83. The van der Waals surface area contributed by atoms with Crippen LogP contribution in [0, 0.1) is 0 Å². The molecule has 20 heavy (non-hydrogen) atoms. The van der Waals surface area contributed by atoms with Crippen LogP contribution >= 0.6 is 39.3 Å². The van der Waals surface area contributed by atoms with Gasteiger partial charge < -0.3 is 5.32 Å². The molecule has 2 aromatic rings. The normalized spacial score (nSPS) is 12.6. The van der Waals surface area contributed by atoms with Crippen LogP contribution in [0.4, 0.5) is 0 Å². The van der Waals surface area contributed by atoms with E-state index in [0.717, 1.165) is 27.5 Å². The third-order valence-electron chi connectivity index (χ3n) is 3.04. The molecular formula is C14H17BrClN3S. The van der Waals surface area contributed by atoms with Crippen molar-refractivity contribution in [3.05, 3.63) is 45.7 Å². The Morgan fingerprint density at radius 2 is 2.10 bits per heavy atom. The van der Waals surface area contributed by atoms with Gasteiger partial charge in [0, 0.05) is 21.7 Å². The van der Waals surface area contributed by atoms with E-state index in [1.165, 1.54) is 4.90 Å². The molecule has 0 amide bonds. The van der Waals surface area contributed by atoms with Crippen LogP contribution < -0.4 is 5.32 Å². The molecule has 1 unspecified atom stereocenters. The van der Waals surface area contributed by atoms with Crippen molar-refractivity contribution in [3.63, 3.8) is 0 Å². The molecular weight excluding hydrogens is 358 g/mol. The highest BCUT2D eigenvalue weighted by Gasteiger charge is 2.18. The molecule has 1 aromatic carbocycles. The second-order valence-corrected chi connectivity index (χ2v) is 6.72. The van der Waals surface area contributed by atoms with Crippen molar-refractivity contribution in [1.29, 1.82) is 0 Å². The van der Waals surface area contributed by atoms with Crippen molar-refractivity contribution in [3.8, 4) is 0 Å². The van der Waals surface area contributed by atoms with Crippen LogP contribution in [-0.4, -0.2) is 22.6 Å². The molecule has 2 rings (SSSR count). The minimum Gasteiger partial charge on any atom is -0.311 e. The van der Waals surface area contributed by atoms with Gasteiger partial charge in [0.1, 0.15) is 0 Å². The van der Waals surface area contributed by atoms with Crippen LogP contribution in [0.3, 0.4) is 0 Å². The summed E-state index contributed by atoms with van der Waals surface area (Å²) in [5, 5.41) is 8.35. The Morgan fingerprint density at radius 3 is 2.70 bits per heavy atom. The Bertz CT molecular complexity index is 556. The SMILES string of the molecule is CCn1ncc(Cl)c1C(CSc1ccc(Br)cc1)NC. The zero-order valence-electron chi connectivity index (χ0n) is 11.4. The standard InChI is InChI=1S/C14H17BrClN3S/c1-3-19-14(12(16)8-18-19)13(17-2)9-20-11-6-4-10(15)5-7-11/h4-8,13,17H,3,9H2,1-2H3. The lowest BCUT2D eigenvalue weighted by Crippen LogP contribution is -2.22. The Hall–Kier alpha value is -0.490. The maximum Gasteiger partial charge on any atom is 0.0834 e. The number of thioether (sulfide) groups is 1. The van der Waals surface area contributed by atoms with E-state index in [4.69, 9.17) is 11.6 Å². The van der Waals surface area contributed by atoms with Crippen LogP contribution in [0.1, 0.15) is 18.7 Å². The molecule has 1 heterocycles. The molecule has 1 aromatic heterocycles. The molecule has 0 saturated carbocycles. The molecule has 0 radical (unpaired) electrons. The van der Waals surface area contributed by atoms with E-state index in [1.54, 1.807) is 18.0 Å². The summed E-state index contributed by atoms with van der Waals surface area (Å²) in [6.07, 6.45) is 1.72. The third-order valence-corrected chi connectivity index (χ3v) is 4.97. The van der Waals surface area contributed by atoms with Gasteiger partial charge in [-0.05, 0) is 38.2 Å². The lowest BCUT2D eigenvalue weighted by molar-refractivity contribution is 0.549. The molecule has 0 spiro atoms. The van der Waals surface area contributed by atoms with E-state index in [-0.39, 0.29) is 6.04 Å². The van der Waals surface area contributed by atoms with Gasteiger partial charge >= 0.3 is 0 Å². The number of nitrogens with zero attached hydrogens (tertiary/aromatic N) is 2. The summed E-state index contributed by atoms with van der Waals surface area (Å²) in [7, 11) is 1.95. The molecule has 3 nitrogen and oxygen atoms in total. The van der Waals surface area contributed by atoms with Gasteiger partial charge in [0.15, 0.2) is 0 Å². The first-order chi connectivity index (χ1) is 9.65. The number of rotatable bonds is 6. The van der Waals surface area contributed by atoms with Crippen molar-refractivity contribution in [2.75, 3.05) is 12.8 Å². The summed E-state index contributed by atoms with van der Waals surface area (Å²) in [4.78, 5) is 1.24. The second kappa shape index (κ2) is 7.50. The fraction of sp³-hybridized carbons (Fsp3) is 0.357. The molecule has 0 fully saturated rings. The van der Waals surface area contributed by atoms with E-state index in [0.29, 0.717) is 0 Å². The predicted molar refractivity (Wildman–Crippen MR) is 89.6 cm³/mol. The van der Waals surface area contributed by atoms with Crippen molar-refractivity contribution in [2.24, 2.45) is 0 Å². The Labute approximate surface area is 137 Å². The third kappa shape index (κ3) is 3.79. The summed E-state index contributed by atoms with van der Waals surface area (Å²) in [6, 6.07) is 8.51. The summed E-state index contributed by atoms with van der Waals surface area (Å²) >= 11 is 11.5. The van der Waals surface area contributed by atoms with Gasteiger partial charge in [-0.25, -0.2) is 0 Å². The monoisotopic (exact) mass is 373 g/mol. The summed E-state index contributed by atoms with van der Waals surface area (Å²) < 4.78 is 3.05. The van der Waals surface area contributed by atoms with Gasteiger partial charge in [0.2, 0.25) is 0 Å². The van der Waals surface area contributed by atoms with Gasteiger partial charge in [-0.15, -0.1) is 11.8 Å². The molecule has 0 aliphatic rings. The van der Waals surface area contributed by atoms with Crippen LogP contribution in [0.2, 0.25) is 5.02 Å². The number of benzene rings is 1. The van der Waals surface area contributed by atoms with Crippen LogP contribution in [0.25, 0.3) is 0 Å². The first-order valence-corrected chi connectivity index (χ1v) is 8.58. The number of halogens is 2. The summed E-state index contributed by atoms with van der Waals surface area (Å²) in [5.41, 5.74) is 1.06. The Morgan fingerprint density at radius 1 is 1.40 bits per heavy atom. The molecule has 1 N–H and O–H groups in total. The zero-order chi connectivity index (χ0) is 14.5.